The number of hydrazine groups is 1. The molecule has 3 heterocycles. The van der Waals surface area contributed by atoms with E-state index in [-0.39, 0.29) is 24.5 Å². The molecule has 1 saturated heterocycles. The lowest BCUT2D eigenvalue weighted by Crippen LogP contribution is -2.47. The maximum atomic E-state index is 15.1. The minimum Gasteiger partial charge on any atom is -0.350 e. The highest BCUT2D eigenvalue weighted by molar-refractivity contribution is 5.96. The number of alkyl halides is 1. The van der Waals surface area contributed by atoms with E-state index in [9.17, 15) is 9.59 Å². The lowest BCUT2D eigenvalue weighted by molar-refractivity contribution is 0.0122. The molecule has 1 fully saturated rings. The Morgan fingerprint density at radius 1 is 1.12 bits per heavy atom. The zero-order valence-electron chi connectivity index (χ0n) is 17.9. The van der Waals surface area contributed by atoms with E-state index in [2.05, 4.69) is 15.7 Å². The molecule has 7 nitrogen and oxygen atoms in total. The number of anilines is 1. The molecule has 8 heteroatoms. The van der Waals surface area contributed by atoms with E-state index < -0.39 is 6.30 Å². The Hall–Kier alpha value is -3.78. The van der Waals surface area contributed by atoms with Gasteiger partial charge in [-0.3, -0.25) is 15.0 Å². The second-order valence-corrected chi connectivity index (χ2v) is 8.21. The van der Waals surface area contributed by atoms with Crippen molar-refractivity contribution in [3.05, 3.63) is 95.2 Å². The van der Waals surface area contributed by atoms with E-state index in [1.807, 2.05) is 29.2 Å². The summed E-state index contributed by atoms with van der Waals surface area (Å²) < 4.78 is 15.1. The van der Waals surface area contributed by atoms with Gasteiger partial charge in [0.15, 0.2) is 6.30 Å². The number of likely N-dealkylation sites (tertiary alicyclic amines) is 1. The molecule has 2 N–H and O–H groups in total. The van der Waals surface area contributed by atoms with Crippen molar-refractivity contribution < 1.29 is 14.0 Å². The minimum absolute atomic E-state index is 0.0902. The van der Waals surface area contributed by atoms with Crippen LogP contribution in [0.2, 0.25) is 0 Å². The Labute approximate surface area is 191 Å². The van der Waals surface area contributed by atoms with Gasteiger partial charge in [-0.25, -0.2) is 9.37 Å². The SMILES string of the molecule is O=C1NN(Cc2cccc(C(=O)N3CCCC3Nc3ccccn3)c2)C(F)c2ccccc21. The van der Waals surface area contributed by atoms with E-state index in [4.69, 9.17) is 0 Å². The molecule has 2 aromatic carbocycles. The zero-order chi connectivity index (χ0) is 22.8. The molecule has 0 saturated carbocycles. The van der Waals surface area contributed by atoms with Crippen LogP contribution in [0.25, 0.3) is 0 Å². The number of carbonyl (C=O) groups is 2. The van der Waals surface area contributed by atoms with Gasteiger partial charge in [-0.2, -0.15) is 5.01 Å². The van der Waals surface area contributed by atoms with Crippen molar-refractivity contribution in [3.8, 4) is 0 Å². The number of hydrogen-bond donors (Lipinski definition) is 2. The van der Waals surface area contributed by atoms with Crippen LogP contribution < -0.4 is 10.7 Å². The van der Waals surface area contributed by atoms with Crippen LogP contribution in [0.1, 0.15) is 51.0 Å². The molecule has 0 aliphatic carbocycles. The Bertz CT molecular complexity index is 1170. The third-order valence-corrected chi connectivity index (χ3v) is 6.00. The molecule has 0 radical (unpaired) electrons. The minimum atomic E-state index is -1.47. The molecule has 2 aliphatic rings. The molecule has 2 unspecified atom stereocenters. The van der Waals surface area contributed by atoms with Crippen LogP contribution >= 0.6 is 0 Å². The van der Waals surface area contributed by atoms with Gasteiger partial charge in [-0.05, 0) is 48.7 Å². The lowest BCUT2D eigenvalue weighted by atomic mass is 10.0. The standard InChI is InChI=1S/C25H24FN5O2/c26-23-19-9-1-2-10-20(19)24(32)29-31(23)16-17-7-5-8-18(15-17)25(33)30-14-6-12-22(30)28-21-11-3-4-13-27-21/h1-5,7-11,13,15,22-23H,6,12,14,16H2,(H,27,28)(H,29,32). The summed E-state index contributed by atoms with van der Waals surface area (Å²) in [5.41, 5.74) is 4.56. The number of nitrogens with zero attached hydrogens (tertiary/aromatic N) is 3. The first-order valence-electron chi connectivity index (χ1n) is 11.0. The second kappa shape index (κ2) is 8.99. The summed E-state index contributed by atoms with van der Waals surface area (Å²) in [6.45, 7) is 0.789. The van der Waals surface area contributed by atoms with Crippen molar-refractivity contribution >= 4 is 17.6 Å². The molecule has 0 bridgehead atoms. The highest BCUT2D eigenvalue weighted by Crippen LogP contribution is 2.30. The van der Waals surface area contributed by atoms with Gasteiger partial charge in [0, 0.05) is 36.0 Å². The van der Waals surface area contributed by atoms with Crippen LogP contribution in [0.15, 0.2) is 72.9 Å². The fraction of sp³-hybridized carbons (Fsp3) is 0.240. The average molecular weight is 445 g/mol. The molecule has 5 rings (SSSR count). The van der Waals surface area contributed by atoms with Crippen molar-refractivity contribution in [1.82, 2.24) is 20.3 Å². The number of fused-ring (bicyclic) bond motifs is 1. The van der Waals surface area contributed by atoms with Crippen molar-refractivity contribution in [2.75, 3.05) is 11.9 Å². The first-order chi connectivity index (χ1) is 16.1. The third kappa shape index (κ3) is 4.29. The molecule has 168 valence electrons. The Kier molecular flexibility index (Phi) is 5.75. The summed E-state index contributed by atoms with van der Waals surface area (Å²) in [6, 6.07) is 19.4. The van der Waals surface area contributed by atoms with Gasteiger partial charge in [0.25, 0.3) is 11.8 Å². The number of benzene rings is 2. The average Bonchev–Trinajstić information content (AvgIpc) is 3.31. The number of amides is 2. The maximum Gasteiger partial charge on any atom is 0.266 e. The van der Waals surface area contributed by atoms with Gasteiger partial charge in [0.2, 0.25) is 0 Å². The van der Waals surface area contributed by atoms with Gasteiger partial charge in [0.1, 0.15) is 12.0 Å². The summed E-state index contributed by atoms with van der Waals surface area (Å²) >= 11 is 0. The van der Waals surface area contributed by atoms with Crippen LogP contribution in [0.4, 0.5) is 10.2 Å². The zero-order valence-corrected chi connectivity index (χ0v) is 17.9. The van der Waals surface area contributed by atoms with Crippen LogP contribution in [-0.4, -0.2) is 39.4 Å². The van der Waals surface area contributed by atoms with Crippen molar-refractivity contribution in [3.63, 3.8) is 0 Å². The quantitative estimate of drug-likeness (QED) is 0.583. The fourth-order valence-corrected chi connectivity index (χ4v) is 4.39. The number of hydrogen-bond acceptors (Lipinski definition) is 5. The van der Waals surface area contributed by atoms with Crippen LogP contribution in [0.3, 0.4) is 0 Å². The highest BCUT2D eigenvalue weighted by Gasteiger charge is 2.32. The third-order valence-electron chi connectivity index (χ3n) is 6.00. The van der Waals surface area contributed by atoms with Gasteiger partial charge in [0.05, 0.1) is 0 Å². The molecular formula is C25H24FN5O2. The van der Waals surface area contributed by atoms with Crippen LogP contribution in [-0.2, 0) is 6.54 Å². The molecule has 2 aliphatic heterocycles. The molecular weight excluding hydrogens is 421 g/mol. The van der Waals surface area contributed by atoms with E-state index in [0.29, 0.717) is 23.2 Å². The molecule has 1 aromatic heterocycles. The first kappa shape index (κ1) is 21.1. The van der Waals surface area contributed by atoms with Crippen molar-refractivity contribution in [2.24, 2.45) is 0 Å². The summed E-state index contributed by atoms with van der Waals surface area (Å²) in [6.07, 6.45) is 1.85. The monoisotopic (exact) mass is 445 g/mol. The van der Waals surface area contributed by atoms with E-state index in [1.165, 1.54) is 5.01 Å². The van der Waals surface area contributed by atoms with E-state index in [1.54, 1.807) is 48.7 Å². The number of rotatable bonds is 5. The predicted octanol–water partition coefficient (Wildman–Crippen LogP) is 3.88. The molecule has 3 aromatic rings. The summed E-state index contributed by atoms with van der Waals surface area (Å²) in [5, 5.41) is 4.59. The molecule has 2 amide bonds. The number of carbonyl (C=O) groups excluding carboxylic acids is 2. The fourth-order valence-electron chi connectivity index (χ4n) is 4.39. The van der Waals surface area contributed by atoms with Gasteiger partial charge >= 0.3 is 0 Å². The Morgan fingerprint density at radius 3 is 2.82 bits per heavy atom. The van der Waals surface area contributed by atoms with Crippen molar-refractivity contribution in [1.29, 1.82) is 0 Å². The normalized spacial score (nSPS) is 20.3. The predicted molar refractivity (Wildman–Crippen MR) is 122 cm³/mol. The summed E-state index contributed by atoms with van der Waals surface area (Å²) in [5.74, 6) is 0.297. The molecule has 2 atom stereocenters. The number of aromatic nitrogens is 1. The van der Waals surface area contributed by atoms with Gasteiger partial charge in [-0.1, -0.05) is 36.4 Å². The number of pyridine rings is 1. The highest BCUT2D eigenvalue weighted by atomic mass is 19.1. The second-order valence-electron chi connectivity index (χ2n) is 8.21. The van der Waals surface area contributed by atoms with Gasteiger partial charge in [-0.15, -0.1) is 0 Å². The Morgan fingerprint density at radius 2 is 1.97 bits per heavy atom. The van der Waals surface area contributed by atoms with E-state index >= 15 is 4.39 Å². The maximum absolute atomic E-state index is 15.1. The topological polar surface area (TPSA) is 77.6 Å². The van der Waals surface area contributed by atoms with E-state index in [0.717, 1.165) is 24.2 Å². The number of nitrogens with one attached hydrogen (secondary N) is 2. The van der Waals surface area contributed by atoms with Crippen LogP contribution in [0.5, 0.6) is 0 Å². The smallest absolute Gasteiger partial charge is 0.266 e. The lowest BCUT2D eigenvalue weighted by Gasteiger charge is -2.32. The summed E-state index contributed by atoms with van der Waals surface area (Å²) in [7, 11) is 0. The molecule has 33 heavy (non-hydrogen) atoms. The largest absolute Gasteiger partial charge is 0.350 e. The van der Waals surface area contributed by atoms with Gasteiger partial charge < -0.3 is 10.2 Å². The molecule has 0 spiro atoms. The Balaban J connectivity index is 1.31. The number of halogens is 1. The van der Waals surface area contributed by atoms with Crippen molar-refractivity contribution in [2.45, 2.75) is 31.8 Å². The summed E-state index contributed by atoms with van der Waals surface area (Å²) in [4.78, 5) is 31.8. The first-order valence-corrected chi connectivity index (χ1v) is 11.0. The van der Waals surface area contributed by atoms with Crippen LogP contribution in [0, 0.1) is 0 Å².